The second-order valence-electron chi connectivity index (χ2n) is 10.8. The van der Waals surface area contributed by atoms with Crippen molar-refractivity contribution < 1.29 is 24.3 Å². The highest BCUT2D eigenvalue weighted by Gasteiger charge is 2.39. The summed E-state index contributed by atoms with van der Waals surface area (Å²) in [6, 6.07) is 12.9. The number of imidazole rings is 1. The molecule has 224 valence electrons. The van der Waals surface area contributed by atoms with Gasteiger partial charge in [0.05, 0.1) is 12.4 Å². The number of carboxylic acid groups (broad SMARTS) is 1. The predicted octanol–water partition coefficient (Wildman–Crippen LogP) is 1.29. The maximum atomic E-state index is 13.8. The summed E-state index contributed by atoms with van der Waals surface area (Å²) in [4.78, 5) is 64.2. The summed E-state index contributed by atoms with van der Waals surface area (Å²) in [5, 5.41) is 16.2. The third kappa shape index (κ3) is 7.09. The SMILES string of the molecule is NC(Cc1ccccc1)C(=O)NC(Cc1cnc[nH]1)C(=O)NC(Cc1c[nH]c2ccccc12)C(=O)N1CCCC1C(=O)O. The summed E-state index contributed by atoms with van der Waals surface area (Å²) in [6.45, 7) is 0.276. The van der Waals surface area contributed by atoms with Crippen molar-refractivity contribution in [3.63, 3.8) is 0 Å². The van der Waals surface area contributed by atoms with Crippen molar-refractivity contribution in [2.24, 2.45) is 5.73 Å². The van der Waals surface area contributed by atoms with E-state index in [1.165, 1.54) is 11.2 Å². The van der Waals surface area contributed by atoms with Crippen LogP contribution in [0.2, 0.25) is 0 Å². The van der Waals surface area contributed by atoms with Crippen molar-refractivity contribution in [3.05, 3.63) is 90.1 Å². The van der Waals surface area contributed by atoms with Gasteiger partial charge < -0.3 is 36.3 Å². The highest BCUT2D eigenvalue weighted by atomic mass is 16.4. The van der Waals surface area contributed by atoms with E-state index in [0.29, 0.717) is 18.5 Å². The Balaban J connectivity index is 1.38. The largest absolute Gasteiger partial charge is 0.480 e. The van der Waals surface area contributed by atoms with Crippen molar-refractivity contribution >= 4 is 34.6 Å². The summed E-state index contributed by atoms with van der Waals surface area (Å²) >= 11 is 0. The van der Waals surface area contributed by atoms with Gasteiger partial charge in [-0.25, -0.2) is 9.78 Å². The van der Waals surface area contributed by atoms with Crippen molar-refractivity contribution in [2.75, 3.05) is 6.54 Å². The Kier molecular flexibility index (Phi) is 9.16. The quantitative estimate of drug-likeness (QED) is 0.145. The average molecular weight is 586 g/mol. The van der Waals surface area contributed by atoms with E-state index in [1.54, 1.807) is 12.4 Å². The number of hydrogen-bond acceptors (Lipinski definition) is 6. The number of benzene rings is 2. The molecule has 12 nitrogen and oxygen atoms in total. The van der Waals surface area contributed by atoms with Crippen LogP contribution in [0.25, 0.3) is 10.9 Å². The first-order valence-electron chi connectivity index (χ1n) is 14.3. The summed E-state index contributed by atoms with van der Waals surface area (Å²) in [7, 11) is 0. The number of nitrogens with one attached hydrogen (secondary N) is 4. The summed E-state index contributed by atoms with van der Waals surface area (Å²) in [5.74, 6) is -2.69. The molecule has 4 atom stereocenters. The van der Waals surface area contributed by atoms with Crippen molar-refractivity contribution in [2.45, 2.75) is 56.3 Å². The summed E-state index contributed by atoms with van der Waals surface area (Å²) in [6.07, 6.45) is 6.16. The molecule has 0 radical (unpaired) electrons. The van der Waals surface area contributed by atoms with Gasteiger partial charge in [0.1, 0.15) is 18.1 Å². The van der Waals surface area contributed by atoms with E-state index in [4.69, 9.17) is 5.73 Å². The van der Waals surface area contributed by atoms with Crippen LogP contribution in [0.1, 0.15) is 29.7 Å². The summed E-state index contributed by atoms with van der Waals surface area (Å²) in [5.41, 5.74) is 9.35. The molecule has 43 heavy (non-hydrogen) atoms. The molecule has 1 aliphatic heterocycles. The number of aromatic nitrogens is 3. The number of rotatable bonds is 12. The predicted molar refractivity (Wildman–Crippen MR) is 159 cm³/mol. The highest BCUT2D eigenvalue weighted by Crippen LogP contribution is 2.23. The fourth-order valence-corrected chi connectivity index (χ4v) is 5.55. The Hall–Kier alpha value is -4.97. The lowest BCUT2D eigenvalue weighted by molar-refractivity contribution is -0.149. The van der Waals surface area contributed by atoms with E-state index in [9.17, 15) is 24.3 Å². The molecule has 4 aromatic rings. The molecule has 4 unspecified atom stereocenters. The molecule has 1 saturated heterocycles. The van der Waals surface area contributed by atoms with E-state index >= 15 is 0 Å². The van der Waals surface area contributed by atoms with Crippen LogP contribution in [0.4, 0.5) is 0 Å². The van der Waals surface area contributed by atoms with E-state index < -0.39 is 47.9 Å². The first-order chi connectivity index (χ1) is 20.8. The molecule has 1 aliphatic rings. The maximum Gasteiger partial charge on any atom is 0.326 e. The number of amides is 3. The molecule has 0 aliphatic carbocycles. The molecule has 3 amide bonds. The van der Waals surface area contributed by atoms with Crippen LogP contribution in [0.3, 0.4) is 0 Å². The van der Waals surface area contributed by atoms with Crippen LogP contribution < -0.4 is 16.4 Å². The number of nitrogens with two attached hydrogens (primary N) is 1. The van der Waals surface area contributed by atoms with Gasteiger partial charge in [0, 0.05) is 48.4 Å². The minimum Gasteiger partial charge on any atom is -0.480 e. The van der Waals surface area contributed by atoms with Crippen LogP contribution in [0, 0.1) is 0 Å². The fourth-order valence-electron chi connectivity index (χ4n) is 5.55. The molecule has 3 heterocycles. The second kappa shape index (κ2) is 13.3. The molecule has 7 N–H and O–H groups in total. The van der Waals surface area contributed by atoms with E-state index in [-0.39, 0.29) is 25.8 Å². The molecule has 2 aromatic heterocycles. The number of likely N-dealkylation sites (tertiary alicyclic amines) is 1. The minimum atomic E-state index is -1.08. The Morgan fingerprint density at radius 2 is 1.70 bits per heavy atom. The van der Waals surface area contributed by atoms with E-state index in [0.717, 1.165) is 22.0 Å². The van der Waals surface area contributed by atoms with Gasteiger partial charge in [0.25, 0.3) is 0 Å². The van der Waals surface area contributed by atoms with Gasteiger partial charge in [0.15, 0.2) is 0 Å². The lowest BCUT2D eigenvalue weighted by atomic mass is 10.0. The lowest BCUT2D eigenvalue weighted by Gasteiger charge is -2.29. The first kappa shape index (κ1) is 29.5. The molecular weight excluding hydrogens is 550 g/mol. The number of para-hydroxylation sites is 1. The number of carbonyl (C=O) groups is 4. The van der Waals surface area contributed by atoms with Gasteiger partial charge in [-0.1, -0.05) is 48.5 Å². The molecular formula is C31H35N7O5. The van der Waals surface area contributed by atoms with Crippen molar-refractivity contribution in [3.8, 4) is 0 Å². The van der Waals surface area contributed by atoms with Crippen molar-refractivity contribution in [1.29, 1.82) is 0 Å². The molecule has 0 saturated carbocycles. The first-order valence-corrected chi connectivity index (χ1v) is 14.3. The number of nitrogens with zero attached hydrogens (tertiary/aromatic N) is 2. The van der Waals surface area contributed by atoms with Crippen LogP contribution in [0.5, 0.6) is 0 Å². The average Bonchev–Trinajstić information content (AvgIpc) is 3.78. The third-order valence-corrected chi connectivity index (χ3v) is 7.78. The van der Waals surface area contributed by atoms with Crippen LogP contribution >= 0.6 is 0 Å². The van der Waals surface area contributed by atoms with Gasteiger partial charge in [-0.05, 0) is 36.5 Å². The molecule has 1 fully saturated rings. The summed E-state index contributed by atoms with van der Waals surface area (Å²) < 4.78 is 0. The zero-order valence-electron chi connectivity index (χ0n) is 23.5. The minimum absolute atomic E-state index is 0.0745. The maximum absolute atomic E-state index is 13.8. The smallest absolute Gasteiger partial charge is 0.326 e. The fraction of sp³-hybridized carbons (Fsp3) is 0.323. The standard InChI is InChI=1S/C31H35N7O5/c32-23(13-19-7-2-1-3-8-19)28(39)36-25(15-21-17-33-18-35-21)29(40)37-26(30(41)38-12-6-11-27(38)31(42)43)14-20-16-34-24-10-5-4-9-22(20)24/h1-5,7-10,16-18,23,25-27,34H,6,11-15,32H2,(H,33,35)(H,36,39)(H,37,40)(H,42,43). The Bertz CT molecular complexity index is 1570. The zero-order chi connectivity index (χ0) is 30.3. The van der Waals surface area contributed by atoms with Crippen LogP contribution in [-0.2, 0) is 38.4 Å². The zero-order valence-corrected chi connectivity index (χ0v) is 23.5. The number of hydrogen-bond donors (Lipinski definition) is 6. The van der Waals surface area contributed by atoms with Gasteiger partial charge in [0.2, 0.25) is 17.7 Å². The third-order valence-electron chi connectivity index (χ3n) is 7.78. The van der Waals surface area contributed by atoms with Gasteiger partial charge in [-0.2, -0.15) is 0 Å². The van der Waals surface area contributed by atoms with E-state index in [2.05, 4.69) is 25.6 Å². The topological polar surface area (TPSA) is 186 Å². The molecule has 0 bridgehead atoms. The number of aromatic amines is 2. The van der Waals surface area contributed by atoms with Gasteiger partial charge >= 0.3 is 5.97 Å². The monoisotopic (exact) mass is 585 g/mol. The highest BCUT2D eigenvalue weighted by molar-refractivity contribution is 5.95. The Labute approximate surface area is 248 Å². The second-order valence-corrected chi connectivity index (χ2v) is 10.8. The van der Waals surface area contributed by atoms with Crippen LogP contribution in [-0.4, -0.2) is 79.4 Å². The Morgan fingerprint density at radius 3 is 2.44 bits per heavy atom. The Morgan fingerprint density at radius 1 is 0.953 bits per heavy atom. The van der Waals surface area contributed by atoms with Gasteiger partial charge in [-0.3, -0.25) is 14.4 Å². The normalized spacial score (nSPS) is 16.9. The lowest BCUT2D eigenvalue weighted by Crippen LogP contribution is -2.58. The van der Waals surface area contributed by atoms with Crippen molar-refractivity contribution in [1.82, 2.24) is 30.5 Å². The number of fused-ring (bicyclic) bond motifs is 1. The molecule has 12 heteroatoms. The molecule has 2 aromatic carbocycles. The van der Waals surface area contributed by atoms with Gasteiger partial charge in [-0.15, -0.1) is 0 Å². The molecule has 5 rings (SSSR count). The number of H-pyrrole nitrogens is 2. The molecule has 0 spiro atoms. The number of aliphatic carboxylic acids is 1. The van der Waals surface area contributed by atoms with Crippen LogP contribution in [0.15, 0.2) is 73.3 Å². The van der Waals surface area contributed by atoms with E-state index in [1.807, 2.05) is 54.6 Å². The number of carbonyl (C=O) groups excluding carboxylic acids is 3. The number of carboxylic acids is 1.